The van der Waals surface area contributed by atoms with Crippen molar-refractivity contribution in [3.63, 3.8) is 0 Å². The minimum Gasteiger partial charge on any atom is -0.496 e. The van der Waals surface area contributed by atoms with Crippen LogP contribution in [0.15, 0.2) is 35.1 Å². The number of H-pyrrole nitrogens is 1. The molecule has 1 fully saturated rings. The van der Waals surface area contributed by atoms with Crippen LogP contribution in [0.4, 0.5) is 0 Å². The largest absolute Gasteiger partial charge is 0.496 e. The summed E-state index contributed by atoms with van der Waals surface area (Å²) in [5, 5.41) is 6.12. The van der Waals surface area contributed by atoms with Crippen molar-refractivity contribution >= 4 is 11.6 Å². The van der Waals surface area contributed by atoms with Crippen LogP contribution in [0.3, 0.4) is 0 Å². The van der Waals surface area contributed by atoms with E-state index in [1.807, 2.05) is 38.1 Å². The lowest BCUT2D eigenvalue weighted by Crippen LogP contribution is -2.30. The van der Waals surface area contributed by atoms with Crippen LogP contribution in [0.25, 0.3) is 5.65 Å². The van der Waals surface area contributed by atoms with E-state index in [9.17, 15) is 9.59 Å². The molecule has 3 aromatic rings. The Labute approximate surface area is 180 Å². The molecule has 0 radical (unpaired) electrons. The molecule has 2 N–H and O–H groups in total. The van der Waals surface area contributed by atoms with Crippen LogP contribution in [0, 0.1) is 6.92 Å². The van der Waals surface area contributed by atoms with Crippen LogP contribution in [0.1, 0.15) is 54.2 Å². The number of ether oxygens (including phenoxy) is 2. The average Bonchev–Trinajstić information content (AvgIpc) is 3.19. The molecule has 1 aromatic carbocycles. The summed E-state index contributed by atoms with van der Waals surface area (Å²) in [5.41, 5.74) is 3.80. The van der Waals surface area contributed by atoms with Gasteiger partial charge in [0.1, 0.15) is 5.75 Å². The molecule has 1 saturated heterocycles. The van der Waals surface area contributed by atoms with E-state index < -0.39 is 0 Å². The Morgan fingerprint density at radius 2 is 2.10 bits per heavy atom. The standard InChI is InChI=1S/C23H28N4O4/c1-14-10-16(4-5-20(14)30-3)11-22(28)24-15(2)18-13-23(29)27-21(25-18)12-19(26-27)17-6-8-31-9-7-17/h4-5,10,12-13,15,17,26H,6-9,11H2,1-3H3,(H,24,28)/t15-/m0/s1. The second-order valence-corrected chi connectivity index (χ2v) is 8.08. The van der Waals surface area contributed by atoms with Gasteiger partial charge in [0, 0.05) is 37.0 Å². The first kappa shape index (κ1) is 21.1. The number of benzene rings is 1. The number of amides is 1. The lowest BCUT2D eigenvalue weighted by Gasteiger charge is -2.20. The predicted octanol–water partition coefficient (Wildman–Crippen LogP) is 2.65. The minimum atomic E-state index is -0.383. The van der Waals surface area contributed by atoms with Crippen molar-refractivity contribution in [2.75, 3.05) is 20.3 Å². The van der Waals surface area contributed by atoms with E-state index in [2.05, 4.69) is 15.4 Å². The summed E-state index contributed by atoms with van der Waals surface area (Å²) in [6.07, 6.45) is 2.09. The molecule has 1 amide bonds. The van der Waals surface area contributed by atoms with Crippen molar-refractivity contribution in [1.82, 2.24) is 19.9 Å². The number of nitrogens with one attached hydrogen (secondary N) is 2. The zero-order valence-electron chi connectivity index (χ0n) is 18.1. The van der Waals surface area contributed by atoms with Gasteiger partial charge in [-0.3, -0.25) is 14.7 Å². The van der Waals surface area contributed by atoms with Gasteiger partial charge in [0.15, 0.2) is 5.65 Å². The van der Waals surface area contributed by atoms with Gasteiger partial charge in [-0.25, -0.2) is 9.50 Å². The van der Waals surface area contributed by atoms with E-state index >= 15 is 0 Å². The number of rotatable bonds is 6. The quantitative estimate of drug-likeness (QED) is 0.634. The Balaban J connectivity index is 1.48. The highest BCUT2D eigenvalue weighted by molar-refractivity contribution is 5.79. The molecule has 1 atom stereocenters. The van der Waals surface area contributed by atoms with Crippen molar-refractivity contribution in [3.05, 3.63) is 63.2 Å². The third-order valence-corrected chi connectivity index (χ3v) is 5.80. The second-order valence-electron chi connectivity index (χ2n) is 8.08. The Kier molecular flexibility index (Phi) is 6.08. The Hall–Kier alpha value is -3.13. The molecule has 3 heterocycles. The fourth-order valence-electron chi connectivity index (χ4n) is 4.07. The fraction of sp³-hybridized carbons (Fsp3) is 0.435. The van der Waals surface area contributed by atoms with Crippen LogP contribution < -0.4 is 15.6 Å². The van der Waals surface area contributed by atoms with E-state index in [0.29, 0.717) is 17.3 Å². The van der Waals surface area contributed by atoms with Gasteiger partial charge in [0.2, 0.25) is 5.91 Å². The molecule has 0 spiro atoms. The molecule has 0 unspecified atom stereocenters. The Morgan fingerprint density at radius 3 is 2.81 bits per heavy atom. The SMILES string of the molecule is COc1ccc(CC(=O)N[C@@H](C)c2cc(=O)n3[nH]c(C4CCOCC4)cc3n2)cc1C. The van der Waals surface area contributed by atoms with Gasteiger partial charge in [-0.05, 0) is 43.9 Å². The number of nitrogens with zero attached hydrogens (tertiary/aromatic N) is 2. The van der Waals surface area contributed by atoms with Gasteiger partial charge in [0.25, 0.3) is 5.56 Å². The van der Waals surface area contributed by atoms with Crippen molar-refractivity contribution < 1.29 is 14.3 Å². The summed E-state index contributed by atoms with van der Waals surface area (Å²) in [4.78, 5) is 29.8. The summed E-state index contributed by atoms with van der Waals surface area (Å²) in [6.45, 7) is 5.23. The first-order chi connectivity index (χ1) is 14.9. The van der Waals surface area contributed by atoms with E-state index in [0.717, 1.165) is 48.6 Å². The zero-order valence-corrected chi connectivity index (χ0v) is 18.1. The highest BCUT2D eigenvalue weighted by Gasteiger charge is 2.20. The van der Waals surface area contributed by atoms with Gasteiger partial charge in [-0.2, -0.15) is 0 Å². The molecule has 4 rings (SSSR count). The van der Waals surface area contributed by atoms with E-state index in [1.54, 1.807) is 7.11 Å². The van der Waals surface area contributed by atoms with Gasteiger partial charge in [-0.1, -0.05) is 12.1 Å². The molecule has 8 nitrogen and oxygen atoms in total. The molecule has 2 aromatic heterocycles. The maximum atomic E-state index is 12.6. The summed E-state index contributed by atoms with van der Waals surface area (Å²) < 4.78 is 12.1. The molecule has 0 aliphatic carbocycles. The number of hydrogen-bond donors (Lipinski definition) is 2. The monoisotopic (exact) mass is 424 g/mol. The predicted molar refractivity (Wildman–Crippen MR) is 117 cm³/mol. The molecule has 164 valence electrons. The number of hydrogen-bond acceptors (Lipinski definition) is 5. The number of carbonyl (C=O) groups excluding carboxylic acids is 1. The van der Waals surface area contributed by atoms with Crippen LogP contribution in [-0.2, 0) is 16.0 Å². The smallest absolute Gasteiger partial charge is 0.272 e. The molecular formula is C23H28N4O4. The Morgan fingerprint density at radius 1 is 1.32 bits per heavy atom. The minimum absolute atomic E-state index is 0.129. The molecular weight excluding hydrogens is 396 g/mol. The molecule has 0 saturated carbocycles. The maximum Gasteiger partial charge on any atom is 0.272 e. The first-order valence-electron chi connectivity index (χ1n) is 10.6. The van der Waals surface area contributed by atoms with E-state index in [4.69, 9.17) is 9.47 Å². The molecule has 8 heteroatoms. The molecule has 31 heavy (non-hydrogen) atoms. The Bertz CT molecular complexity index is 1140. The molecule has 0 bridgehead atoms. The highest BCUT2D eigenvalue weighted by Crippen LogP contribution is 2.26. The van der Waals surface area contributed by atoms with Gasteiger partial charge < -0.3 is 14.8 Å². The van der Waals surface area contributed by atoms with Crippen LogP contribution in [0.5, 0.6) is 5.75 Å². The summed E-state index contributed by atoms with van der Waals surface area (Å²) in [7, 11) is 1.62. The fourth-order valence-corrected chi connectivity index (χ4v) is 4.07. The number of methoxy groups -OCH3 is 1. The molecule has 1 aliphatic rings. The average molecular weight is 425 g/mol. The van der Waals surface area contributed by atoms with Crippen LogP contribution >= 0.6 is 0 Å². The van der Waals surface area contributed by atoms with Crippen LogP contribution in [0.2, 0.25) is 0 Å². The summed E-state index contributed by atoms with van der Waals surface area (Å²) >= 11 is 0. The third-order valence-electron chi connectivity index (χ3n) is 5.80. The second kappa shape index (κ2) is 8.93. The third kappa shape index (κ3) is 4.64. The summed E-state index contributed by atoms with van der Waals surface area (Å²) in [5.74, 6) is 1.00. The number of carbonyl (C=O) groups is 1. The lowest BCUT2D eigenvalue weighted by atomic mass is 9.97. The van der Waals surface area contributed by atoms with Crippen molar-refractivity contribution in [2.45, 2.75) is 45.1 Å². The van der Waals surface area contributed by atoms with Crippen molar-refractivity contribution in [1.29, 1.82) is 0 Å². The van der Waals surface area contributed by atoms with Crippen LogP contribution in [-0.4, -0.2) is 40.8 Å². The topological polar surface area (TPSA) is 97.7 Å². The maximum absolute atomic E-state index is 12.6. The molecule has 1 aliphatic heterocycles. The van der Waals surface area contributed by atoms with Gasteiger partial charge >= 0.3 is 0 Å². The number of aryl methyl sites for hydroxylation is 1. The van der Waals surface area contributed by atoms with Gasteiger partial charge in [-0.15, -0.1) is 0 Å². The summed E-state index contributed by atoms with van der Waals surface area (Å²) in [6, 6.07) is 8.70. The van der Waals surface area contributed by atoms with E-state index in [-0.39, 0.29) is 23.9 Å². The van der Waals surface area contributed by atoms with Crippen molar-refractivity contribution in [3.8, 4) is 5.75 Å². The zero-order chi connectivity index (χ0) is 22.0. The normalized spacial score (nSPS) is 15.7. The van der Waals surface area contributed by atoms with Gasteiger partial charge in [0.05, 0.1) is 25.3 Å². The number of aromatic nitrogens is 3. The number of fused-ring (bicyclic) bond motifs is 1. The van der Waals surface area contributed by atoms with E-state index in [1.165, 1.54) is 10.6 Å². The van der Waals surface area contributed by atoms with Crippen molar-refractivity contribution in [2.24, 2.45) is 0 Å². The number of aromatic amines is 1. The highest BCUT2D eigenvalue weighted by atomic mass is 16.5. The lowest BCUT2D eigenvalue weighted by molar-refractivity contribution is -0.121. The first-order valence-corrected chi connectivity index (χ1v) is 10.6.